The van der Waals surface area contributed by atoms with Gasteiger partial charge in [0.2, 0.25) is 0 Å². The Labute approximate surface area is 176 Å². The first-order valence-corrected chi connectivity index (χ1v) is 9.84. The Bertz CT molecular complexity index is 955. The van der Waals surface area contributed by atoms with E-state index in [1.165, 1.54) is 0 Å². The number of carbonyl (C=O) groups excluding carboxylic acids is 1. The number of ether oxygens (including phenoxy) is 1. The van der Waals surface area contributed by atoms with Crippen LogP contribution in [0.15, 0.2) is 84.9 Å². The molecule has 5 nitrogen and oxygen atoms in total. The fraction of sp³-hybridized carbons (Fsp3) is 0.200. The second-order valence-corrected chi connectivity index (χ2v) is 7.16. The molecular formula is C25H25NO4. The fourth-order valence-corrected chi connectivity index (χ4v) is 3.21. The van der Waals surface area contributed by atoms with Gasteiger partial charge in [-0.1, -0.05) is 60.7 Å². The van der Waals surface area contributed by atoms with Crippen LogP contribution < -0.4 is 4.74 Å². The van der Waals surface area contributed by atoms with Gasteiger partial charge in [0.15, 0.2) is 5.78 Å². The molecule has 0 aromatic heterocycles. The van der Waals surface area contributed by atoms with Crippen LogP contribution in [0.1, 0.15) is 34.0 Å². The highest BCUT2D eigenvalue weighted by atomic mass is 16.5. The number of aliphatic carboxylic acids is 1. The predicted molar refractivity (Wildman–Crippen MR) is 116 cm³/mol. The molecule has 3 aromatic rings. The van der Waals surface area contributed by atoms with Crippen molar-refractivity contribution in [2.75, 3.05) is 20.1 Å². The Balaban J connectivity index is 1.71. The van der Waals surface area contributed by atoms with Crippen molar-refractivity contribution in [3.63, 3.8) is 0 Å². The maximum absolute atomic E-state index is 12.6. The van der Waals surface area contributed by atoms with Gasteiger partial charge < -0.3 is 9.84 Å². The van der Waals surface area contributed by atoms with E-state index in [-0.39, 0.29) is 18.4 Å². The highest BCUT2D eigenvalue weighted by molar-refractivity contribution is 6.08. The molecule has 0 amide bonds. The third-order valence-electron chi connectivity index (χ3n) is 4.78. The first-order chi connectivity index (χ1) is 14.5. The number of ketones is 1. The average Bonchev–Trinajstić information content (AvgIpc) is 2.77. The molecule has 0 spiro atoms. The van der Waals surface area contributed by atoms with Crippen LogP contribution in [-0.2, 0) is 4.79 Å². The summed E-state index contributed by atoms with van der Waals surface area (Å²) in [5.41, 5.74) is 2.27. The number of likely N-dealkylation sites (N-methyl/N-ethyl adjacent to an activating group) is 1. The molecule has 1 unspecified atom stereocenters. The molecule has 5 heteroatoms. The van der Waals surface area contributed by atoms with E-state index < -0.39 is 5.97 Å². The lowest BCUT2D eigenvalue weighted by Gasteiger charge is -2.22. The molecule has 0 radical (unpaired) electrons. The van der Waals surface area contributed by atoms with Crippen LogP contribution in [0.25, 0.3) is 0 Å². The van der Waals surface area contributed by atoms with E-state index >= 15 is 0 Å². The van der Waals surface area contributed by atoms with E-state index in [1.54, 1.807) is 48.3 Å². The standard InChI is InChI=1S/C25H25NO4/c1-26(18-24(27)28)17-16-23(19-8-4-2-5-9-19)30-22-14-12-21(13-15-22)25(29)20-10-6-3-7-11-20/h2-15,23H,16-18H2,1H3,(H,27,28). The number of hydrogen-bond acceptors (Lipinski definition) is 4. The molecule has 0 saturated carbocycles. The zero-order valence-electron chi connectivity index (χ0n) is 16.9. The monoisotopic (exact) mass is 403 g/mol. The first kappa shape index (κ1) is 21.3. The zero-order valence-corrected chi connectivity index (χ0v) is 16.9. The largest absolute Gasteiger partial charge is 0.486 e. The van der Waals surface area contributed by atoms with Gasteiger partial charge in [-0.25, -0.2) is 0 Å². The van der Waals surface area contributed by atoms with Gasteiger partial charge in [-0.05, 0) is 36.9 Å². The Kier molecular flexibility index (Phi) is 7.35. The van der Waals surface area contributed by atoms with Gasteiger partial charge in [0.1, 0.15) is 11.9 Å². The van der Waals surface area contributed by atoms with E-state index in [9.17, 15) is 9.59 Å². The summed E-state index contributed by atoms with van der Waals surface area (Å²) in [6.07, 6.45) is 0.413. The van der Waals surface area contributed by atoms with Gasteiger partial charge in [-0.2, -0.15) is 0 Å². The highest BCUT2D eigenvalue weighted by Crippen LogP contribution is 2.26. The Morgan fingerprint density at radius 3 is 2.03 bits per heavy atom. The van der Waals surface area contributed by atoms with E-state index in [4.69, 9.17) is 9.84 Å². The summed E-state index contributed by atoms with van der Waals surface area (Å²) in [5, 5.41) is 8.95. The minimum Gasteiger partial charge on any atom is -0.486 e. The second kappa shape index (κ2) is 10.4. The average molecular weight is 403 g/mol. The summed E-state index contributed by atoms with van der Waals surface area (Å²) < 4.78 is 6.21. The van der Waals surface area contributed by atoms with E-state index in [1.807, 2.05) is 48.5 Å². The van der Waals surface area contributed by atoms with Crippen LogP contribution in [0.2, 0.25) is 0 Å². The molecule has 0 heterocycles. The first-order valence-electron chi connectivity index (χ1n) is 9.84. The summed E-state index contributed by atoms with van der Waals surface area (Å²) in [4.78, 5) is 25.2. The molecule has 3 aromatic carbocycles. The normalized spacial score (nSPS) is 11.8. The van der Waals surface area contributed by atoms with E-state index in [0.717, 1.165) is 5.56 Å². The van der Waals surface area contributed by atoms with Gasteiger partial charge in [0.05, 0.1) is 6.54 Å². The lowest BCUT2D eigenvalue weighted by atomic mass is 10.0. The number of carboxylic acid groups (broad SMARTS) is 1. The molecule has 0 bridgehead atoms. The molecule has 0 aliphatic heterocycles. The van der Waals surface area contributed by atoms with Crippen LogP contribution in [0, 0.1) is 0 Å². The van der Waals surface area contributed by atoms with Crippen molar-refractivity contribution in [3.05, 3.63) is 102 Å². The van der Waals surface area contributed by atoms with Crippen LogP contribution in [0.3, 0.4) is 0 Å². The topological polar surface area (TPSA) is 66.8 Å². The van der Waals surface area contributed by atoms with Gasteiger partial charge in [-0.15, -0.1) is 0 Å². The predicted octanol–water partition coefficient (Wildman–Crippen LogP) is 4.44. The third-order valence-corrected chi connectivity index (χ3v) is 4.78. The molecular weight excluding hydrogens is 378 g/mol. The van der Waals surface area contributed by atoms with Crippen molar-refractivity contribution in [2.45, 2.75) is 12.5 Å². The summed E-state index contributed by atoms with van der Waals surface area (Å²) in [6.45, 7) is 0.564. The molecule has 154 valence electrons. The Hall–Kier alpha value is -3.44. The molecule has 0 saturated heterocycles. The summed E-state index contributed by atoms with van der Waals surface area (Å²) in [7, 11) is 1.78. The Morgan fingerprint density at radius 1 is 0.867 bits per heavy atom. The fourth-order valence-electron chi connectivity index (χ4n) is 3.21. The van der Waals surface area contributed by atoms with Crippen molar-refractivity contribution >= 4 is 11.8 Å². The molecule has 0 fully saturated rings. The van der Waals surface area contributed by atoms with E-state index in [2.05, 4.69) is 0 Å². The molecule has 0 aliphatic carbocycles. The second-order valence-electron chi connectivity index (χ2n) is 7.16. The number of hydrogen-bond donors (Lipinski definition) is 1. The zero-order chi connectivity index (χ0) is 21.3. The number of rotatable bonds is 10. The maximum atomic E-state index is 12.6. The SMILES string of the molecule is CN(CCC(Oc1ccc(C(=O)c2ccccc2)cc1)c1ccccc1)CC(=O)O. The van der Waals surface area contributed by atoms with Gasteiger partial charge in [-0.3, -0.25) is 14.5 Å². The van der Waals surface area contributed by atoms with Gasteiger partial charge in [0.25, 0.3) is 0 Å². The van der Waals surface area contributed by atoms with Crippen molar-refractivity contribution < 1.29 is 19.4 Å². The van der Waals surface area contributed by atoms with Gasteiger partial charge in [0, 0.05) is 24.1 Å². The van der Waals surface area contributed by atoms with Gasteiger partial charge >= 0.3 is 5.97 Å². The quantitative estimate of drug-likeness (QED) is 0.507. The summed E-state index contributed by atoms with van der Waals surface area (Å²) in [5.74, 6) is -0.222. The minimum atomic E-state index is -0.853. The molecule has 3 rings (SSSR count). The van der Waals surface area contributed by atoms with Crippen molar-refractivity contribution in [2.24, 2.45) is 0 Å². The van der Waals surface area contributed by atoms with Crippen molar-refractivity contribution in [3.8, 4) is 5.75 Å². The smallest absolute Gasteiger partial charge is 0.317 e. The third kappa shape index (κ3) is 6.03. The molecule has 30 heavy (non-hydrogen) atoms. The molecule has 0 aliphatic rings. The van der Waals surface area contributed by atoms with E-state index in [0.29, 0.717) is 29.8 Å². The number of carboxylic acids is 1. The van der Waals surface area contributed by atoms with Crippen molar-refractivity contribution in [1.82, 2.24) is 4.90 Å². The number of benzene rings is 3. The number of nitrogens with zero attached hydrogens (tertiary/aromatic N) is 1. The maximum Gasteiger partial charge on any atom is 0.317 e. The lowest BCUT2D eigenvalue weighted by Crippen LogP contribution is -2.28. The lowest BCUT2D eigenvalue weighted by molar-refractivity contribution is -0.138. The van der Waals surface area contributed by atoms with Crippen LogP contribution >= 0.6 is 0 Å². The Morgan fingerprint density at radius 2 is 1.43 bits per heavy atom. The number of carbonyl (C=O) groups is 2. The summed E-state index contributed by atoms with van der Waals surface area (Å²) >= 11 is 0. The van der Waals surface area contributed by atoms with Crippen LogP contribution in [-0.4, -0.2) is 41.9 Å². The van der Waals surface area contributed by atoms with Crippen LogP contribution in [0.5, 0.6) is 5.75 Å². The molecule has 1 atom stereocenters. The van der Waals surface area contributed by atoms with Crippen molar-refractivity contribution in [1.29, 1.82) is 0 Å². The highest BCUT2D eigenvalue weighted by Gasteiger charge is 2.16. The summed E-state index contributed by atoms with van der Waals surface area (Å²) in [6, 6.07) is 26.1. The molecule has 1 N–H and O–H groups in total. The van der Waals surface area contributed by atoms with Crippen LogP contribution in [0.4, 0.5) is 0 Å². The minimum absolute atomic E-state index is 0.0161.